The Morgan fingerprint density at radius 1 is 1.30 bits per heavy atom. The van der Waals surface area contributed by atoms with E-state index >= 15 is 0 Å². The molecule has 0 saturated heterocycles. The largest absolute Gasteiger partial charge is 0.436 e. The minimum absolute atomic E-state index is 0.137. The number of amides is 1. The zero-order valence-electron chi connectivity index (χ0n) is 12.0. The van der Waals surface area contributed by atoms with Gasteiger partial charge in [-0.3, -0.25) is 4.79 Å². The highest BCUT2D eigenvalue weighted by Gasteiger charge is 2.21. The number of carbonyl (C=O) groups excluding carboxylic acids is 1. The van der Waals surface area contributed by atoms with Gasteiger partial charge in [0, 0.05) is 25.7 Å². The highest BCUT2D eigenvalue weighted by molar-refractivity contribution is 5.92. The topological polar surface area (TPSA) is 72.4 Å². The number of rotatable bonds is 4. The third-order valence-electron chi connectivity index (χ3n) is 3.12. The van der Waals surface area contributed by atoms with Crippen LogP contribution in [0.5, 0.6) is 0 Å². The van der Waals surface area contributed by atoms with E-state index in [9.17, 15) is 4.79 Å². The van der Waals surface area contributed by atoms with Crippen molar-refractivity contribution in [3.05, 3.63) is 47.2 Å². The highest BCUT2D eigenvalue weighted by Crippen LogP contribution is 2.15. The van der Waals surface area contributed by atoms with E-state index in [0.29, 0.717) is 36.1 Å². The van der Waals surface area contributed by atoms with Gasteiger partial charge in [0.25, 0.3) is 5.91 Å². The number of hydrogen-bond donors (Lipinski definition) is 1. The summed E-state index contributed by atoms with van der Waals surface area (Å²) in [5.41, 5.74) is 8.03. The second kappa shape index (κ2) is 5.77. The van der Waals surface area contributed by atoms with Gasteiger partial charge < -0.3 is 15.1 Å². The van der Waals surface area contributed by atoms with Crippen LogP contribution >= 0.6 is 0 Å². The molecule has 2 aromatic rings. The van der Waals surface area contributed by atoms with Crippen LogP contribution in [0.25, 0.3) is 0 Å². The molecule has 5 heteroatoms. The molecule has 1 amide bonds. The number of aromatic nitrogens is 1. The van der Waals surface area contributed by atoms with E-state index in [1.54, 1.807) is 18.7 Å². The van der Waals surface area contributed by atoms with Crippen molar-refractivity contribution in [1.29, 1.82) is 0 Å². The minimum Gasteiger partial charge on any atom is -0.436 e. The molecule has 0 atom stereocenters. The highest BCUT2D eigenvalue weighted by atomic mass is 16.4. The van der Waals surface area contributed by atoms with Gasteiger partial charge in [-0.05, 0) is 31.5 Å². The number of carbonyl (C=O) groups is 1. The van der Waals surface area contributed by atoms with Gasteiger partial charge in [0.2, 0.25) is 5.76 Å². The quantitative estimate of drug-likeness (QED) is 0.869. The number of benzene rings is 1. The molecule has 0 bridgehead atoms. The second-order valence-corrected chi connectivity index (χ2v) is 4.71. The number of nitrogen functional groups attached to an aromatic ring is 1. The number of oxazole rings is 1. The Balaban J connectivity index is 2.17. The molecule has 0 aliphatic rings. The average molecular weight is 273 g/mol. The molecule has 0 aliphatic carbocycles. The Morgan fingerprint density at radius 2 is 1.95 bits per heavy atom. The lowest BCUT2D eigenvalue weighted by atomic mass is 10.2. The fourth-order valence-corrected chi connectivity index (χ4v) is 2.04. The lowest BCUT2D eigenvalue weighted by Gasteiger charge is -2.20. The minimum atomic E-state index is -0.137. The van der Waals surface area contributed by atoms with Crippen molar-refractivity contribution < 1.29 is 9.21 Å². The van der Waals surface area contributed by atoms with Gasteiger partial charge in [0.15, 0.2) is 5.89 Å². The van der Waals surface area contributed by atoms with Crippen molar-refractivity contribution in [3.8, 4) is 0 Å². The van der Waals surface area contributed by atoms with Crippen molar-refractivity contribution in [3.63, 3.8) is 0 Å². The summed E-state index contributed by atoms with van der Waals surface area (Å²) in [4.78, 5) is 18.3. The summed E-state index contributed by atoms with van der Waals surface area (Å²) in [7, 11) is 0. The van der Waals surface area contributed by atoms with Crippen LogP contribution < -0.4 is 5.73 Å². The fraction of sp³-hybridized carbons (Fsp3) is 0.333. The Morgan fingerprint density at radius 3 is 2.45 bits per heavy atom. The van der Waals surface area contributed by atoms with E-state index in [1.165, 1.54) is 0 Å². The van der Waals surface area contributed by atoms with Crippen LogP contribution in [0.2, 0.25) is 0 Å². The molecule has 0 aliphatic heterocycles. The number of nitrogens with zero attached hydrogens (tertiary/aromatic N) is 2. The van der Waals surface area contributed by atoms with Crippen LogP contribution in [0.4, 0.5) is 5.69 Å². The molecular weight excluding hydrogens is 254 g/mol. The molecule has 0 unspecified atom stereocenters. The van der Waals surface area contributed by atoms with Crippen LogP contribution in [-0.2, 0) is 6.54 Å². The van der Waals surface area contributed by atoms with Crippen molar-refractivity contribution in [2.45, 2.75) is 27.3 Å². The Bertz CT molecular complexity index is 602. The molecule has 1 aromatic carbocycles. The van der Waals surface area contributed by atoms with Crippen molar-refractivity contribution in [2.75, 3.05) is 12.3 Å². The van der Waals surface area contributed by atoms with Gasteiger partial charge in [-0.25, -0.2) is 4.98 Å². The van der Waals surface area contributed by atoms with E-state index in [4.69, 9.17) is 10.2 Å². The summed E-state index contributed by atoms with van der Waals surface area (Å²) >= 11 is 0. The van der Waals surface area contributed by atoms with E-state index in [-0.39, 0.29) is 5.91 Å². The summed E-state index contributed by atoms with van der Waals surface area (Å²) in [6.45, 7) is 6.58. The van der Waals surface area contributed by atoms with Crippen LogP contribution in [-0.4, -0.2) is 22.3 Å². The van der Waals surface area contributed by atoms with E-state index < -0.39 is 0 Å². The first kappa shape index (κ1) is 14.1. The molecule has 0 spiro atoms. The Labute approximate surface area is 118 Å². The molecular formula is C15H19N3O2. The van der Waals surface area contributed by atoms with Gasteiger partial charge in [-0.2, -0.15) is 0 Å². The second-order valence-electron chi connectivity index (χ2n) is 4.71. The smallest absolute Gasteiger partial charge is 0.291 e. The lowest BCUT2D eigenvalue weighted by molar-refractivity contribution is 0.0718. The molecule has 1 heterocycles. The first-order valence-electron chi connectivity index (χ1n) is 6.59. The summed E-state index contributed by atoms with van der Waals surface area (Å²) in [5, 5.41) is 0. The molecule has 2 rings (SSSR count). The third-order valence-corrected chi connectivity index (χ3v) is 3.12. The Kier molecular flexibility index (Phi) is 4.08. The predicted octanol–water partition coefficient (Wildman–Crippen LogP) is 2.54. The molecule has 5 nitrogen and oxygen atoms in total. The Hall–Kier alpha value is -2.30. The number of nitrogens with two attached hydrogens (primary N) is 1. The van der Waals surface area contributed by atoms with Gasteiger partial charge >= 0.3 is 0 Å². The number of hydrogen-bond acceptors (Lipinski definition) is 4. The molecule has 0 fully saturated rings. The normalized spacial score (nSPS) is 10.6. The summed E-state index contributed by atoms with van der Waals surface area (Å²) in [6.07, 6.45) is 0. The van der Waals surface area contributed by atoms with Gasteiger partial charge in [-0.15, -0.1) is 0 Å². The number of aryl methyl sites for hydroxylation is 2. The standard InChI is InChI=1S/C15H19N3O2/c1-4-18(9-12-5-7-13(16)8-6-12)15(19)14-10(2)17-11(3)20-14/h5-8H,4,9,16H2,1-3H3. The van der Waals surface area contributed by atoms with Gasteiger partial charge in [0.1, 0.15) is 0 Å². The van der Waals surface area contributed by atoms with Crippen LogP contribution in [0.3, 0.4) is 0 Å². The molecule has 106 valence electrons. The van der Waals surface area contributed by atoms with Crippen molar-refractivity contribution >= 4 is 11.6 Å². The summed E-state index contributed by atoms with van der Waals surface area (Å²) in [6, 6.07) is 7.50. The average Bonchev–Trinajstić information content (AvgIpc) is 2.76. The zero-order valence-corrected chi connectivity index (χ0v) is 12.0. The first-order chi connectivity index (χ1) is 9.51. The monoisotopic (exact) mass is 273 g/mol. The zero-order chi connectivity index (χ0) is 14.7. The van der Waals surface area contributed by atoms with Gasteiger partial charge in [0.05, 0.1) is 5.69 Å². The lowest BCUT2D eigenvalue weighted by Crippen LogP contribution is -2.30. The predicted molar refractivity (Wildman–Crippen MR) is 77.2 cm³/mol. The molecule has 2 N–H and O–H groups in total. The van der Waals surface area contributed by atoms with E-state index in [2.05, 4.69) is 4.98 Å². The molecule has 20 heavy (non-hydrogen) atoms. The molecule has 1 aromatic heterocycles. The maximum Gasteiger partial charge on any atom is 0.291 e. The summed E-state index contributed by atoms with van der Waals surface area (Å²) in [5.74, 6) is 0.691. The molecule has 0 radical (unpaired) electrons. The van der Waals surface area contributed by atoms with E-state index in [0.717, 1.165) is 5.56 Å². The number of anilines is 1. The summed E-state index contributed by atoms with van der Waals surface area (Å²) < 4.78 is 5.39. The van der Waals surface area contributed by atoms with Crippen LogP contribution in [0.1, 0.15) is 34.6 Å². The van der Waals surface area contributed by atoms with Crippen molar-refractivity contribution in [2.24, 2.45) is 0 Å². The van der Waals surface area contributed by atoms with Crippen molar-refractivity contribution in [1.82, 2.24) is 9.88 Å². The fourth-order valence-electron chi connectivity index (χ4n) is 2.04. The molecule has 0 saturated carbocycles. The van der Waals surface area contributed by atoms with Gasteiger partial charge in [-0.1, -0.05) is 12.1 Å². The van der Waals surface area contributed by atoms with Crippen LogP contribution in [0, 0.1) is 13.8 Å². The maximum absolute atomic E-state index is 12.4. The SMILES string of the molecule is CCN(Cc1ccc(N)cc1)C(=O)c1oc(C)nc1C. The van der Waals surface area contributed by atoms with E-state index in [1.807, 2.05) is 31.2 Å². The third kappa shape index (κ3) is 2.99. The first-order valence-corrected chi connectivity index (χ1v) is 6.59. The van der Waals surface area contributed by atoms with Crippen LogP contribution in [0.15, 0.2) is 28.7 Å². The maximum atomic E-state index is 12.4.